The van der Waals surface area contributed by atoms with E-state index in [2.05, 4.69) is 0 Å². The number of aliphatic hydroxyl groups excluding tert-OH is 1. The minimum Gasteiger partial charge on any atom is -0.507 e. The zero-order valence-electron chi connectivity index (χ0n) is 17.7. The molecule has 0 radical (unpaired) electrons. The molecule has 3 rings (SSSR count). The average Bonchev–Trinajstić information content (AvgIpc) is 3.31. The number of furan rings is 1. The molecule has 1 fully saturated rings. The average molecular weight is 413 g/mol. The maximum Gasteiger partial charge on any atom is 0.295 e. The summed E-state index contributed by atoms with van der Waals surface area (Å²) >= 11 is 0. The van der Waals surface area contributed by atoms with Crippen LogP contribution in [0.25, 0.3) is 5.76 Å². The highest BCUT2D eigenvalue weighted by molar-refractivity contribution is 6.46. The van der Waals surface area contributed by atoms with Gasteiger partial charge in [-0.2, -0.15) is 0 Å². The number of hydrogen-bond acceptors (Lipinski definition) is 6. The number of hydrogen-bond donors (Lipinski definition) is 1. The van der Waals surface area contributed by atoms with E-state index in [-0.39, 0.29) is 17.4 Å². The molecule has 1 aromatic carbocycles. The Morgan fingerprint density at radius 1 is 1.27 bits per heavy atom. The van der Waals surface area contributed by atoms with E-state index in [0.29, 0.717) is 36.6 Å². The van der Waals surface area contributed by atoms with Crippen molar-refractivity contribution in [1.29, 1.82) is 0 Å². The third-order valence-corrected chi connectivity index (χ3v) is 4.91. The predicted molar refractivity (Wildman–Crippen MR) is 111 cm³/mol. The van der Waals surface area contributed by atoms with Gasteiger partial charge in [0.05, 0.1) is 17.9 Å². The molecule has 0 spiro atoms. The molecule has 2 heterocycles. The molecule has 160 valence electrons. The zero-order chi connectivity index (χ0) is 21.8. The fourth-order valence-corrected chi connectivity index (χ4v) is 3.57. The molecule has 1 atom stereocenters. The minimum absolute atomic E-state index is 0.0134. The van der Waals surface area contributed by atoms with Gasteiger partial charge in [-0.3, -0.25) is 9.59 Å². The normalized spacial score (nSPS) is 18.4. The Labute approximate surface area is 175 Å². The molecular formula is C23H27NO6. The third kappa shape index (κ3) is 4.26. The highest BCUT2D eigenvalue weighted by atomic mass is 16.5. The van der Waals surface area contributed by atoms with Gasteiger partial charge in [-0.05, 0) is 63.1 Å². The SMILES string of the molecule is COCCCN1C(=O)C(=O)/C(=C(\O)c2ccc(OC(C)C)c(C)c2)C1c1ccco1. The maximum atomic E-state index is 12.9. The Kier molecular flexibility index (Phi) is 6.62. The van der Waals surface area contributed by atoms with Gasteiger partial charge in [-0.15, -0.1) is 0 Å². The summed E-state index contributed by atoms with van der Waals surface area (Å²) < 4.78 is 16.3. The van der Waals surface area contributed by atoms with Crippen LogP contribution in [-0.2, 0) is 14.3 Å². The molecule has 2 aromatic rings. The van der Waals surface area contributed by atoms with Gasteiger partial charge < -0.3 is 23.9 Å². The topological polar surface area (TPSA) is 89.2 Å². The first-order chi connectivity index (χ1) is 14.3. The van der Waals surface area contributed by atoms with Crippen LogP contribution in [0.4, 0.5) is 0 Å². The van der Waals surface area contributed by atoms with Gasteiger partial charge in [0.1, 0.15) is 23.3 Å². The quantitative estimate of drug-likeness (QED) is 0.306. The smallest absolute Gasteiger partial charge is 0.295 e. The minimum atomic E-state index is -0.788. The Hall–Kier alpha value is -3.06. The monoisotopic (exact) mass is 413 g/mol. The molecule has 0 bridgehead atoms. The molecule has 1 aliphatic rings. The second kappa shape index (κ2) is 9.17. The number of carbonyl (C=O) groups is 2. The predicted octanol–water partition coefficient (Wildman–Crippen LogP) is 3.83. The number of carbonyl (C=O) groups excluding carboxylic acids is 2. The highest BCUT2D eigenvalue weighted by Gasteiger charge is 2.47. The van der Waals surface area contributed by atoms with Crippen LogP contribution in [0.2, 0.25) is 0 Å². The summed E-state index contributed by atoms with van der Waals surface area (Å²) in [5, 5.41) is 11.0. The van der Waals surface area contributed by atoms with Gasteiger partial charge in [0.2, 0.25) is 0 Å². The van der Waals surface area contributed by atoms with E-state index >= 15 is 0 Å². The Bertz CT molecular complexity index is 945. The number of amides is 1. The van der Waals surface area contributed by atoms with E-state index in [1.807, 2.05) is 20.8 Å². The van der Waals surface area contributed by atoms with Crippen LogP contribution in [0, 0.1) is 6.92 Å². The molecule has 7 nitrogen and oxygen atoms in total. The molecule has 1 N–H and O–H groups in total. The fraction of sp³-hybridized carbons (Fsp3) is 0.391. The van der Waals surface area contributed by atoms with Gasteiger partial charge in [0, 0.05) is 25.8 Å². The van der Waals surface area contributed by atoms with Crippen molar-refractivity contribution < 1.29 is 28.6 Å². The molecule has 7 heteroatoms. The molecular weight excluding hydrogens is 386 g/mol. The first kappa shape index (κ1) is 21.6. The number of Topliss-reactive ketones (excluding diaryl/α,β-unsaturated/α-hetero) is 1. The number of aliphatic hydroxyl groups is 1. The first-order valence-corrected chi connectivity index (χ1v) is 9.93. The van der Waals surface area contributed by atoms with Crippen molar-refractivity contribution in [2.45, 2.75) is 39.3 Å². The van der Waals surface area contributed by atoms with Crippen molar-refractivity contribution in [3.63, 3.8) is 0 Å². The van der Waals surface area contributed by atoms with Gasteiger partial charge in [-0.1, -0.05) is 0 Å². The number of ketones is 1. The number of benzene rings is 1. The summed E-state index contributed by atoms with van der Waals surface area (Å²) in [6.07, 6.45) is 2.05. The van der Waals surface area contributed by atoms with E-state index in [4.69, 9.17) is 13.9 Å². The second-order valence-electron chi connectivity index (χ2n) is 7.50. The van der Waals surface area contributed by atoms with Crippen LogP contribution in [0.3, 0.4) is 0 Å². The molecule has 0 saturated carbocycles. The van der Waals surface area contributed by atoms with Crippen molar-refractivity contribution in [3.05, 3.63) is 59.1 Å². The standard InChI is InChI=1S/C23H27NO6/c1-14(2)30-17-9-8-16(13-15(17)3)21(25)19-20(18-7-5-12-29-18)24(10-6-11-28-4)23(27)22(19)26/h5,7-9,12-14,20,25H,6,10-11H2,1-4H3/b21-19-. The lowest BCUT2D eigenvalue weighted by atomic mass is 9.98. The molecule has 0 aliphatic carbocycles. The van der Waals surface area contributed by atoms with Crippen LogP contribution in [0.5, 0.6) is 5.75 Å². The summed E-state index contributed by atoms with van der Waals surface area (Å²) in [5.74, 6) is -0.506. The van der Waals surface area contributed by atoms with E-state index < -0.39 is 17.7 Å². The number of ether oxygens (including phenoxy) is 2. The van der Waals surface area contributed by atoms with Gasteiger partial charge >= 0.3 is 0 Å². The summed E-state index contributed by atoms with van der Waals surface area (Å²) in [4.78, 5) is 27.0. The zero-order valence-corrected chi connectivity index (χ0v) is 17.7. The summed E-state index contributed by atoms with van der Waals surface area (Å²) in [5.41, 5.74) is 1.27. The summed E-state index contributed by atoms with van der Waals surface area (Å²) in [6, 6.07) is 7.76. The lowest BCUT2D eigenvalue weighted by Crippen LogP contribution is -2.31. The van der Waals surface area contributed by atoms with E-state index in [1.165, 1.54) is 11.2 Å². The number of likely N-dealkylation sites (tertiary alicyclic amines) is 1. The lowest BCUT2D eigenvalue weighted by molar-refractivity contribution is -0.140. The molecule has 1 aliphatic heterocycles. The van der Waals surface area contributed by atoms with E-state index in [1.54, 1.807) is 37.4 Å². The van der Waals surface area contributed by atoms with Crippen molar-refractivity contribution in [2.24, 2.45) is 0 Å². The number of rotatable bonds is 8. The molecule has 30 heavy (non-hydrogen) atoms. The van der Waals surface area contributed by atoms with Crippen LogP contribution >= 0.6 is 0 Å². The largest absolute Gasteiger partial charge is 0.507 e. The second-order valence-corrected chi connectivity index (χ2v) is 7.50. The number of methoxy groups -OCH3 is 1. The van der Waals surface area contributed by atoms with Crippen LogP contribution < -0.4 is 4.74 Å². The van der Waals surface area contributed by atoms with Gasteiger partial charge in [0.15, 0.2) is 0 Å². The Morgan fingerprint density at radius 3 is 2.63 bits per heavy atom. The van der Waals surface area contributed by atoms with Crippen molar-refractivity contribution in [1.82, 2.24) is 4.90 Å². The van der Waals surface area contributed by atoms with E-state index in [0.717, 1.165) is 5.56 Å². The third-order valence-electron chi connectivity index (χ3n) is 4.91. The summed E-state index contributed by atoms with van der Waals surface area (Å²) in [6.45, 7) is 6.48. The van der Waals surface area contributed by atoms with Crippen molar-refractivity contribution in [2.75, 3.05) is 20.3 Å². The van der Waals surface area contributed by atoms with Crippen LogP contribution in [0.15, 0.2) is 46.6 Å². The fourth-order valence-electron chi connectivity index (χ4n) is 3.57. The molecule has 1 aromatic heterocycles. The summed E-state index contributed by atoms with van der Waals surface area (Å²) in [7, 11) is 1.58. The lowest BCUT2D eigenvalue weighted by Gasteiger charge is -2.23. The maximum absolute atomic E-state index is 12.9. The molecule has 1 amide bonds. The number of aryl methyl sites for hydroxylation is 1. The Morgan fingerprint density at radius 2 is 2.03 bits per heavy atom. The number of nitrogens with zero attached hydrogens (tertiary/aromatic N) is 1. The van der Waals surface area contributed by atoms with Crippen molar-refractivity contribution in [3.8, 4) is 5.75 Å². The van der Waals surface area contributed by atoms with Crippen LogP contribution in [-0.4, -0.2) is 48.1 Å². The van der Waals surface area contributed by atoms with Gasteiger partial charge in [0.25, 0.3) is 11.7 Å². The van der Waals surface area contributed by atoms with Crippen LogP contribution in [0.1, 0.15) is 43.2 Å². The van der Waals surface area contributed by atoms with Gasteiger partial charge in [-0.25, -0.2) is 0 Å². The van der Waals surface area contributed by atoms with Crippen molar-refractivity contribution >= 4 is 17.4 Å². The molecule has 1 unspecified atom stereocenters. The Balaban J connectivity index is 2.04. The van der Waals surface area contributed by atoms with E-state index in [9.17, 15) is 14.7 Å². The first-order valence-electron chi connectivity index (χ1n) is 9.93. The highest BCUT2D eigenvalue weighted by Crippen LogP contribution is 2.40. The molecule has 1 saturated heterocycles.